The molecular formula is C108H135N3O. The van der Waals surface area contributed by atoms with E-state index < -0.39 is 0 Å². The van der Waals surface area contributed by atoms with E-state index in [-0.39, 0.29) is 16.2 Å². The molecular weight excluding hydrogens is 1360 g/mol. The van der Waals surface area contributed by atoms with Crippen LogP contribution in [0.15, 0.2) is 187 Å². The molecule has 0 unspecified atom stereocenters. The minimum absolute atomic E-state index is 0.0286. The molecule has 14 rings (SSSR count). The Balaban J connectivity index is 0.788. The predicted molar refractivity (Wildman–Crippen MR) is 482 cm³/mol. The SMILES string of the molecule is CCCCCCCCCCCC1(CCCCCCOc2ccc(C3=Nc4c(c5cccnc5c5ncccc45)C3)cc2)c2cc(-c3ccc4c(c3)C(CCCCCCCC)(CCCCCCCC)c3ccccc3-4)ccc2-c2ccc(-c3ccc4c(c3)C(CCCCCCCC)(CCCCCCCC)c3ccccc3-4)cc21. The maximum atomic E-state index is 6.63. The van der Waals surface area contributed by atoms with Gasteiger partial charge < -0.3 is 4.74 Å². The summed E-state index contributed by atoms with van der Waals surface area (Å²) in [6.45, 7) is 12.5. The van der Waals surface area contributed by atoms with E-state index in [4.69, 9.17) is 19.7 Å². The third kappa shape index (κ3) is 17.9. The number of nitrogens with zero attached hydrogens (tertiary/aromatic N) is 3. The summed E-state index contributed by atoms with van der Waals surface area (Å²) in [6, 6.07) is 67.8. The van der Waals surface area contributed by atoms with Gasteiger partial charge in [-0.05, 0) is 212 Å². The number of aromatic nitrogens is 2. The smallest absolute Gasteiger partial charge is 0.119 e. The molecule has 0 spiro atoms. The van der Waals surface area contributed by atoms with Crippen molar-refractivity contribution in [2.24, 2.45) is 4.99 Å². The summed E-state index contributed by atoms with van der Waals surface area (Å²) in [7, 11) is 0. The molecule has 3 heterocycles. The highest BCUT2D eigenvalue weighted by Crippen LogP contribution is 2.60. The minimum atomic E-state index is -0.131. The Bertz CT molecular complexity index is 4500. The van der Waals surface area contributed by atoms with Gasteiger partial charge in [0.15, 0.2) is 0 Å². The Kier molecular flexibility index (Phi) is 28.7. The number of pyridine rings is 2. The van der Waals surface area contributed by atoms with E-state index in [1.807, 2.05) is 24.5 Å². The van der Waals surface area contributed by atoms with Crippen LogP contribution in [0.2, 0.25) is 0 Å². The number of fused-ring (bicyclic) bond motifs is 15. The van der Waals surface area contributed by atoms with Crippen LogP contribution in [0.3, 0.4) is 0 Å². The molecule has 3 aliphatic carbocycles. The number of rotatable bonds is 49. The van der Waals surface area contributed by atoms with E-state index >= 15 is 0 Å². The highest BCUT2D eigenvalue weighted by Gasteiger charge is 2.46. The molecule has 2 aromatic heterocycles. The fourth-order valence-corrected chi connectivity index (χ4v) is 21.2. The van der Waals surface area contributed by atoms with E-state index in [0.717, 1.165) is 70.2 Å². The molecule has 0 amide bonds. The van der Waals surface area contributed by atoms with Gasteiger partial charge in [0, 0.05) is 45.8 Å². The van der Waals surface area contributed by atoms with Gasteiger partial charge in [-0.3, -0.25) is 15.0 Å². The first-order valence-corrected chi connectivity index (χ1v) is 46.1. The van der Waals surface area contributed by atoms with Gasteiger partial charge in [-0.2, -0.15) is 0 Å². The van der Waals surface area contributed by atoms with Gasteiger partial charge in [0.05, 0.1) is 29.0 Å². The Hall–Kier alpha value is -7.95. The lowest BCUT2D eigenvalue weighted by Crippen LogP contribution is -2.26. The summed E-state index contributed by atoms with van der Waals surface area (Å²) in [5.74, 6) is 0.929. The first kappa shape index (κ1) is 80.6. The summed E-state index contributed by atoms with van der Waals surface area (Å²) >= 11 is 0. The molecule has 4 heteroatoms. The fraction of sp³-hybridized carbons (Fsp3) is 0.491. The van der Waals surface area contributed by atoms with Gasteiger partial charge >= 0.3 is 0 Å². The molecule has 8 aromatic carbocycles. The zero-order chi connectivity index (χ0) is 76.8. The van der Waals surface area contributed by atoms with E-state index in [0.29, 0.717) is 6.61 Å². The van der Waals surface area contributed by atoms with Crippen LogP contribution in [0.4, 0.5) is 5.69 Å². The van der Waals surface area contributed by atoms with Crippen LogP contribution in [0.5, 0.6) is 5.75 Å². The molecule has 4 aliphatic rings. The van der Waals surface area contributed by atoms with Crippen LogP contribution in [0.25, 0.3) is 77.4 Å². The maximum absolute atomic E-state index is 6.63. The third-order valence-electron chi connectivity index (χ3n) is 27.3. The summed E-state index contributed by atoms with van der Waals surface area (Å²) in [5, 5.41) is 2.21. The molecule has 1 aliphatic heterocycles. The van der Waals surface area contributed by atoms with Crippen molar-refractivity contribution in [1.82, 2.24) is 9.97 Å². The number of ether oxygens (including phenoxy) is 1. The van der Waals surface area contributed by atoms with Crippen LogP contribution < -0.4 is 4.74 Å². The Morgan fingerprint density at radius 3 is 0.955 bits per heavy atom. The van der Waals surface area contributed by atoms with Crippen molar-refractivity contribution in [3.8, 4) is 61.4 Å². The summed E-state index contributed by atoms with van der Waals surface area (Å²) in [6.07, 6.45) is 60.2. The van der Waals surface area contributed by atoms with Gasteiger partial charge in [0.25, 0.3) is 0 Å². The van der Waals surface area contributed by atoms with Gasteiger partial charge in [-0.1, -0.05) is 369 Å². The molecule has 0 saturated carbocycles. The van der Waals surface area contributed by atoms with E-state index in [2.05, 4.69) is 192 Å². The van der Waals surface area contributed by atoms with Crippen LogP contribution in [0.1, 0.15) is 355 Å². The zero-order valence-corrected chi connectivity index (χ0v) is 69.9. The second-order valence-corrected chi connectivity index (χ2v) is 34.9. The van der Waals surface area contributed by atoms with Crippen molar-refractivity contribution >= 4 is 33.2 Å². The summed E-state index contributed by atoms with van der Waals surface area (Å²) in [4.78, 5) is 14.8. The van der Waals surface area contributed by atoms with Crippen molar-refractivity contribution in [3.63, 3.8) is 0 Å². The fourth-order valence-electron chi connectivity index (χ4n) is 21.2. The van der Waals surface area contributed by atoms with Crippen LogP contribution >= 0.6 is 0 Å². The van der Waals surface area contributed by atoms with Gasteiger partial charge in [0.2, 0.25) is 0 Å². The topological polar surface area (TPSA) is 47.4 Å². The second-order valence-electron chi connectivity index (χ2n) is 34.9. The molecule has 0 radical (unpaired) electrons. The lowest BCUT2D eigenvalue weighted by Gasteiger charge is -2.34. The highest BCUT2D eigenvalue weighted by atomic mass is 16.5. The van der Waals surface area contributed by atoms with E-state index in [1.54, 1.807) is 33.4 Å². The molecule has 0 atom stereocenters. The van der Waals surface area contributed by atoms with Crippen LogP contribution in [0, 0.1) is 0 Å². The van der Waals surface area contributed by atoms with E-state index in [9.17, 15) is 0 Å². The van der Waals surface area contributed by atoms with Crippen molar-refractivity contribution < 1.29 is 4.74 Å². The van der Waals surface area contributed by atoms with E-state index in [1.165, 1.54) is 318 Å². The number of hydrogen-bond donors (Lipinski definition) is 0. The molecule has 0 bridgehead atoms. The lowest BCUT2D eigenvalue weighted by atomic mass is 9.69. The van der Waals surface area contributed by atoms with Crippen molar-refractivity contribution in [1.29, 1.82) is 0 Å². The largest absolute Gasteiger partial charge is 0.494 e. The van der Waals surface area contributed by atoms with Crippen molar-refractivity contribution in [2.45, 2.75) is 333 Å². The maximum Gasteiger partial charge on any atom is 0.119 e. The van der Waals surface area contributed by atoms with Gasteiger partial charge in [-0.25, -0.2) is 0 Å². The standard InChI is InChI=1S/C108H135N3O/c1-6-11-16-21-26-27-28-33-44-71-108(72-45-34-35-46-75-112-86-61-55-81(56-62-86)102-80-95-93-51-47-73-109-104(93)105-94(103(95)111-102)52-48-74-110-105)100-78-84(82-57-63-89-87-49-36-38-53-96(87)106(98(89)76-82,67-40-29-22-17-12-7-2)68-41-30-23-18-13-8-3)59-65-91(100)92-66-60-85(79-101(92)108)83-58-64-90-88-50-37-39-54-97(88)107(99(90)77-83,69-42-31-24-19-14-9-4)70-43-32-25-20-15-10-5/h36-39,47-66,73-74,76-79H,6-35,40-46,67-72,75,80H2,1-5H3. The predicted octanol–water partition coefficient (Wildman–Crippen LogP) is 32.5. The highest BCUT2D eigenvalue weighted by molar-refractivity contribution is 6.18. The van der Waals surface area contributed by atoms with Crippen molar-refractivity contribution in [2.75, 3.05) is 6.61 Å². The Morgan fingerprint density at radius 1 is 0.277 bits per heavy atom. The normalized spacial score (nSPS) is 14.3. The van der Waals surface area contributed by atoms with Crippen LogP contribution in [-0.2, 0) is 22.7 Å². The molecule has 0 saturated heterocycles. The third-order valence-corrected chi connectivity index (χ3v) is 27.3. The molecule has 10 aromatic rings. The molecule has 588 valence electrons. The Morgan fingerprint density at radius 2 is 0.580 bits per heavy atom. The number of benzene rings is 8. The lowest BCUT2D eigenvalue weighted by molar-refractivity contribution is 0.302. The van der Waals surface area contributed by atoms with Crippen LogP contribution in [-0.4, -0.2) is 22.3 Å². The number of hydrogen-bond acceptors (Lipinski definition) is 4. The van der Waals surface area contributed by atoms with Gasteiger partial charge in [-0.15, -0.1) is 0 Å². The Labute approximate surface area is 676 Å². The second kappa shape index (κ2) is 39.9. The summed E-state index contributed by atoms with van der Waals surface area (Å²) < 4.78 is 6.63. The molecule has 112 heavy (non-hydrogen) atoms. The molecule has 0 fully saturated rings. The first-order valence-electron chi connectivity index (χ1n) is 46.1. The average Bonchev–Trinajstić information content (AvgIpc) is 1.57. The number of aliphatic imine (C=N–C) groups is 1. The monoisotopic (exact) mass is 1490 g/mol. The quantitative estimate of drug-likeness (QED) is 0.0282. The molecule has 4 nitrogen and oxygen atoms in total. The number of unbranched alkanes of at least 4 members (excludes halogenated alkanes) is 31. The first-order chi connectivity index (χ1) is 55.4. The summed E-state index contributed by atoms with van der Waals surface area (Å²) in [5.41, 5.74) is 30.3. The average molecular weight is 1490 g/mol. The zero-order valence-electron chi connectivity index (χ0n) is 69.9. The molecule has 0 N–H and O–H groups in total. The minimum Gasteiger partial charge on any atom is -0.494 e. The van der Waals surface area contributed by atoms with Crippen molar-refractivity contribution in [3.05, 3.63) is 227 Å². The van der Waals surface area contributed by atoms with Gasteiger partial charge in [0.1, 0.15) is 5.75 Å².